The fourth-order valence-corrected chi connectivity index (χ4v) is 3.04. The van der Waals surface area contributed by atoms with Gasteiger partial charge in [0.1, 0.15) is 12.4 Å². The van der Waals surface area contributed by atoms with E-state index in [-0.39, 0.29) is 23.2 Å². The van der Waals surface area contributed by atoms with Crippen molar-refractivity contribution in [3.8, 4) is 11.4 Å². The number of anilines is 2. The molecule has 4 rings (SSSR count). The molecule has 9 nitrogen and oxygen atoms in total. The lowest BCUT2D eigenvalue weighted by Crippen LogP contribution is -2.37. The first-order chi connectivity index (χ1) is 13.3. The topological polar surface area (TPSA) is 108 Å². The number of ether oxygens (including phenoxy) is 1. The fourth-order valence-electron chi connectivity index (χ4n) is 3.04. The summed E-state index contributed by atoms with van der Waals surface area (Å²) in [5, 5.41) is 0. The van der Waals surface area contributed by atoms with Gasteiger partial charge in [-0.3, -0.25) is 0 Å². The fraction of sp³-hybridized carbons (Fsp3) is 0.438. The van der Waals surface area contributed by atoms with Crippen LogP contribution in [-0.2, 0) is 11.3 Å². The highest BCUT2D eigenvalue weighted by Gasteiger charge is 2.31. The Kier molecular flexibility index (Phi) is 4.49. The molecule has 2 N–H and O–H groups in total. The summed E-state index contributed by atoms with van der Waals surface area (Å²) in [5.74, 6) is 0.958. The molecule has 0 aliphatic carbocycles. The van der Waals surface area contributed by atoms with Crippen LogP contribution in [-0.4, -0.2) is 62.0 Å². The van der Waals surface area contributed by atoms with E-state index in [1.165, 1.54) is 19.3 Å². The zero-order chi connectivity index (χ0) is 19.9. The number of nitrogens with zero attached hydrogens (tertiary/aromatic N) is 7. The minimum atomic E-state index is -4.41. The molecule has 1 saturated heterocycles. The molecule has 3 aromatic rings. The first kappa shape index (κ1) is 18.3. The van der Waals surface area contributed by atoms with E-state index in [1.807, 2.05) is 4.90 Å². The summed E-state index contributed by atoms with van der Waals surface area (Å²) in [4.78, 5) is 23.0. The number of imidazole rings is 1. The van der Waals surface area contributed by atoms with Crippen molar-refractivity contribution in [1.29, 1.82) is 0 Å². The summed E-state index contributed by atoms with van der Waals surface area (Å²) >= 11 is 0. The molecule has 0 unspecified atom stereocenters. The number of fused-ring (bicyclic) bond motifs is 1. The minimum Gasteiger partial charge on any atom is -0.378 e. The molecule has 1 aliphatic heterocycles. The maximum atomic E-state index is 13.1. The van der Waals surface area contributed by atoms with Crippen LogP contribution in [0.3, 0.4) is 0 Å². The number of rotatable bonds is 3. The monoisotopic (exact) mass is 394 g/mol. The molecule has 4 heterocycles. The number of alkyl halides is 3. The predicted molar refractivity (Wildman–Crippen MR) is 94.6 cm³/mol. The number of nitrogens with two attached hydrogens (primary N) is 1. The van der Waals surface area contributed by atoms with E-state index < -0.39 is 12.7 Å². The Labute approximate surface area is 157 Å². The van der Waals surface area contributed by atoms with Crippen LogP contribution in [0.1, 0.15) is 5.82 Å². The quantitative estimate of drug-likeness (QED) is 0.713. The molecule has 28 heavy (non-hydrogen) atoms. The van der Waals surface area contributed by atoms with Gasteiger partial charge in [0.15, 0.2) is 22.8 Å². The summed E-state index contributed by atoms with van der Waals surface area (Å²) in [7, 11) is 0. The van der Waals surface area contributed by atoms with Crippen LogP contribution in [0.15, 0.2) is 12.4 Å². The molecule has 12 heteroatoms. The number of halogens is 3. The second kappa shape index (κ2) is 6.86. The van der Waals surface area contributed by atoms with Crippen LogP contribution in [0.5, 0.6) is 0 Å². The molecular formula is C16H17F3N8O. The van der Waals surface area contributed by atoms with Crippen LogP contribution < -0.4 is 10.6 Å². The Balaban J connectivity index is 1.92. The second-order valence-electron chi connectivity index (χ2n) is 6.33. The normalized spacial score (nSPS) is 15.4. The average molecular weight is 394 g/mol. The number of nitrogen functional groups attached to an aromatic ring is 1. The van der Waals surface area contributed by atoms with E-state index >= 15 is 0 Å². The Morgan fingerprint density at radius 2 is 1.79 bits per heavy atom. The Morgan fingerprint density at radius 3 is 2.43 bits per heavy atom. The molecule has 0 amide bonds. The molecule has 0 spiro atoms. The van der Waals surface area contributed by atoms with Gasteiger partial charge in [-0.1, -0.05) is 0 Å². The number of hydrogen-bond donors (Lipinski definition) is 1. The van der Waals surface area contributed by atoms with Gasteiger partial charge in [0, 0.05) is 25.5 Å². The van der Waals surface area contributed by atoms with Gasteiger partial charge in [-0.15, -0.1) is 0 Å². The van der Waals surface area contributed by atoms with Crippen LogP contribution in [0.2, 0.25) is 0 Å². The Morgan fingerprint density at radius 1 is 1.11 bits per heavy atom. The Bertz CT molecular complexity index is 996. The molecule has 148 valence electrons. The van der Waals surface area contributed by atoms with Crippen molar-refractivity contribution in [2.24, 2.45) is 0 Å². The van der Waals surface area contributed by atoms with Gasteiger partial charge in [-0.2, -0.15) is 13.2 Å². The highest BCUT2D eigenvalue weighted by molar-refractivity contribution is 5.86. The highest BCUT2D eigenvalue weighted by atomic mass is 19.4. The molecule has 0 saturated carbocycles. The first-order valence-corrected chi connectivity index (χ1v) is 8.54. The molecule has 3 aromatic heterocycles. The predicted octanol–water partition coefficient (Wildman–Crippen LogP) is 1.57. The molecule has 1 fully saturated rings. The van der Waals surface area contributed by atoms with E-state index in [2.05, 4.69) is 24.9 Å². The molecule has 1 aliphatic rings. The van der Waals surface area contributed by atoms with Crippen molar-refractivity contribution in [3.05, 3.63) is 18.2 Å². The zero-order valence-corrected chi connectivity index (χ0v) is 14.9. The summed E-state index contributed by atoms with van der Waals surface area (Å²) < 4.78 is 45.7. The number of hydrogen-bond acceptors (Lipinski definition) is 8. The lowest BCUT2D eigenvalue weighted by atomic mass is 10.3. The van der Waals surface area contributed by atoms with Crippen molar-refractivity contribution < 1.29 is 17.9 Å². The van der Waals surface area contributed by atoms with Crippen molar-refractivity contribution in [2.45, 2.75) is 19.6 Å². The summed E-state index contributed by atoms with van der Waals surface area (Å²) in [6.45, 7) is 2.42. The summed E-state index contributed by atoms with van der Waals surface area (Å²) in [5.41, 5.74) is 6.39. The van der Waals surface area contributed by atoms with Crippen molar-refractivity contribution in [3.63, 3.8) is 0 Å². The van der Waals surface area contributed by atoms with E-state index in [1.54, 1.807) is 0 Å². The van der Waals surface area contributed by atoms with Gasteiger partial charge < -0.3 is 19.9 Å². The molecule has 0 atom stereocenters. The third kappa shape index (κ3) is 3.54. The van der Waals surface area contributed by atoms with E-state index in [4.69, 9.17) is 10.5 Å². The standard InChI is InChI=1S/C16H17F3N8O/c1-9-23-11-13(26-2-4-28-5-3-26)24-12(10-6-21-15(20)22-7-10)25-14(11)27(9)8-16(17,18)19/h6-7H,2-5,8H2,1H3,(H2,20,21,22). The van der Waals surface area contributed by atoms with Crippen molar-refractivity contribution in [1.82, 2.24) is 29.5 Å². The third-order valence-corrected chi connectivity index (χ3v) is 4.35. The smallest absolute Gasteiger partial charge is 0.378 e. The Hall–Kier alpha value is -3.02. The van der Waals surface area contributed by atoms with Crippen molar-refractivity contribution in [2.75, 3.05) is 36.9 Å². The lowest BCUT2D eigenvalue weighted by Gasteiger charge is -2.28. The van der Waals surface area contributed by atoms with E-state index in [9.17, 15) is 13.2 Å². The maximum Gasteiger partial charge on any atom is 0.406 e. The van der Waals surface area contributed by atoms with Gasteiger partial charge in [0.2, 0.25) is 5.95 Å². The van der Waals surface area contributed by atoms with E-state index in [0.29, 0.717) is 43.2 Å². The summed E-state index contributed by atoms with van der Waals surface area (Å²) in [6.07, 6.45) is -1.54. The molecule has 0 aromatic carbocycles. The van der Waals surface area contributed by atoms with Gasteiger partial charge in [0.25, 0.3) is 0 Å². The van der Waals surface area contributed by atoms with Crippen LogP contribution in [0.4, 0.5) is 24.9 Å². The zero-order valence-electron chi connectivity index (χ0n) is 14.9. The van der Waals surface area contributed by atoms with Gasteiger partial charge in [0.05, 0.1) is 18.8 Å². The molecular weight excluding hydrogens is 377 g/mol. The van der Waals surface area contributed by atoms with Gasteiger partial charge >= 0.3 is 6.18 Å². The van der Waals surface area contributed by atoms with Gasteiger partial charge in [-0.05, 0) is 6.92 Å². The van der Waals surface area contributed by atoms with Gasteiger partial charge in [-0.25, -0.2) is 24.9 Å². The molecule has 0 radical (unpaired) electrons. The van der Waals surface area contributed by atoms with E-state index in [0.717, 1.165) is 4.57 Å². The van der Waals surface area contributed by atoms with Crippen molar-refractivity contribution >= 4 is 22.9 Å². The SMILES string of the molecule is Cc1nc2c(N3CCOCC3)nc(-c3cnc(N)nc3)nc2n1CC(F)(F)F. The largest absolute Gasteiger partial charge is 0.406 e. The maximum absolute atomic E-state index is 13.1. The summed E-state index contributed by atoms with van der Waals surface area (Å²) in [6, 6.07) is 0. The number of morpholine rings is 1. The minimum absolute atomic E-state index is 0.0798. The third-order valence-electron chi connectivity index (χ3n) is 4.35. The average Bonchev–Trinajstić information content (AvgIpc) is 2.96. The first-order valence-electron chi connectivity index (χ1n) is 8.54. The number of aryl methyl sites for hydroxylation is 1. The van der Waals surface area contributed by atoms with Crippen LogP contribution in [0, 0.1) is 6.92 Å². The number of aromatic nitrogens is 6. The van der Waals surface area contributed by atoms with Crippen LogP contribution in [0.25, 0.3) is 22.6 Å². The highest BCUT2D eigenvalue weighted by Crippen LogP contribution is 2.30. The lowest BCUT2D eigenvalue weighted by molar-refractivity contribution is -0.140. The second-order valence-corrected chi connectivity index (χ2v) is 6.33. The van der Waals surface area contributed by atoms with Crippen LogP contribution >= 0.6 is 0 Å². The molecule has 0 bridgehead atoms.